The normalized spacial score (nSPS) is 11.6. The smallest absolute Gasteiger partial charge is 0.310 e. The number of ether oxygens (including phenoxy) is 1. The first-order chi connectivity index (χ1) is 11.4. The molecule has 0 saturated heterocycles. The zero-order valence-corrected chi connectivity index (χ0v) is 14.2. The largest absolute Gasteiger partial charge is 0.477 e. The Morgan fingerprint density at radius 2 is 2.00 bits per heavy atom. The molecule has 0 spiro atoms. The van der Waals surface area contributed by atoms with Crippen LogP contribution in [0.15, 0.2) is 42.5 Å². The number of nitro benzene ring substituents is 1. The van der Waals surface area contributed by atoms with Gasteiger partial charge in [0.1, 0.15) is 0 Å². The van der Waals surface area contributed by atoms with Crippen LogP contribution in [0.3, 0.4) is 0 Å². The minimum Gasteiger partial charge on any atom is -0.477 e. The van der Waals surface area contributed by atoms with Crippen molar-refractivity contribution < 1.29 is 14.5 Å². The van der Waals surface area contributed by atoms with Crippen LogP contribution >= 0.6 is 23.2 Å². The summed E-state index contributed by atoms with van der Waals surface area (Å²) in [6.45, 7) is 1.42. The highest BCUT2D eigenvalue weighted by Crippen LogP contribution is 2.27. The maximum absolute atomic E-state index is 12.0. The van der Waals surface area contributed by atoms with Crippen molar-refractivity contribution >= 4 is 34.8 Å². The molecule has 6 nitrogen and oxygen atoms in total. The van der Waals surface area contributed by atoms with Gasteiger partial charge in [-0.15, -0.1) is 0 Å². The topological polar surface area (TPSA) is 81.5 Å². The van der Waals surface area contributed by atoms with E-state index in [0.717, 1.165) is 0 Å². The van der Waals surface area contributed by atoms with Crippen molar-refractivity contribution in [1.29, 1.82) is 0 Å². The number of carbonyl (C=O) groups is 1. The summed E-state index contributed by atoms with van der Waals surface area (Å²) in [6, 6.07) is 10.5. The number of para-hydroxylation sites is 2. The van der Waals surface area contributed by atoms with Gasteiger partial charge < -0.3 is 10.1 Å². The molecule has 0 aliphatic heterocycles. The molecule has 0 radical (unpaired) electrons. The number of halogens is 2. The summed E-state index contributed by atoms with van der Waals surface area (Å²) >= 11 is 11.9. The Morgan fingerprint density at radius 3 is 2.67 bits per heavy atom. The molecule has 0 aromatic heterocycles. The Hall–Kier alpha value is -2.31. The van der Waals surface area contributed by atoms with Gasteiger partial charge in [0, 0.05) is 16.1 Å². The predicted molar refractivity (Wildman–Crippen MR) is 91.6 cm³/mol. The standard InChI is InChI=1S/C16H14Cl2N2O4/c1-10(12-7-6-11(17)8-13(12)18)19-16(21)9-24-15-5-3-2-4-14(15)20(22)23/h2-8,10H,9H2,1H3,(H,19,21). The fourth-order valence-corrected chi connectivity index (χ4v) is 2.66. The van der Waals surface area contributed by atoms with Crippen LogP contribution < -0.4 is 10.1 Å². The van der Waals surface area contributed by atoms with E-state index < -0.39 is 10.8 Å². The number of nitro groups is 1. The fourth-order valence-electron chi connectivity index (χ4n) is 2.09. The molecule has 0 heterocycles. The van der Waals surface area contributed by atoms with Crippen molar-refractivity contribution in [1.82, 2.24) is 5.32 Å². The predicted octanol–water partition coefficient (Wildman–Crippen LogP) is 4.16. The second-order valence-corrected chi connectivity index (χ2v) is 5.81. The van der Waals surface area contributed by atoms with Gasteiger partial charge in [0.2, 0.25) is 0 Å². The quantitative estimate of drug-likeness (QED) is 0.612. The van der Waals surface area contributed by atoms with Crippen LogP contribution in [-0.2, 0) is 4.79 Å². The molecule has 0 fully saturated rings. The molecule has 1 unspecified atom stereocenters. The van der Waals surface area contributed by atoms with E-state index in [1.54, 1.807) is 31.2 Å². The van der Waals surface area contributed by atoms with Crippen molar-refractivity contribution in [2.45, 2.75) is 13.0 Å². The van der Waals surface area contributed by atoms with Crippen LogP contribution in [0.25, 0.3) is 0 Å². The van der Waals surface area contributed by atoms with Crippen LogP contribution in [0.4, 0.5) is 5.69 Å². The van der Waals surface area contributed by atoms with Crippen molar-refractivity contribution in [3.8, 4) is 5.75 Å². The molecule has 2 aromatic rings. The number of nitrogens with zero attached hydrogens (tertiary/aromatic N) is 1. The zero-order chi connectivity index (χ0) is 17.7. The number of rotatable bonds is 6. The van der Waals surface area contributed by atoms with E-state index in [-0.39, 0.29) is 24.1 Å². The molecular formula is C16H14Cl2N2O4. The van der Waals surface area contributed by atoms with Crippen LogP contribution in [0.2, 0.25) is 10.0 Å². The second-order valence-electron chi connectivity index (χ2n) is 4.97. The van der Waals surface area contributed by atoms with E-state index in [9.17, 15) is 14.9 Å². The third-order valence-electron chi connectivity index (χ3n) is 3.23. The number of carbonyl (C=O) groups excluding carboxylic acids is 1. The Bertz CT molecular complexity index is 767. The van der Waals surface area contributed by atoms with E-state index in [4.69, 9.17) is 27.9 Å². The lowest BCUT2D eigenvalue weighted by Gasteiger charge is -2.16. The highest BCUT2D eigenvalue weighted by atomic mass is 35.5. The van der Waals surface area contributed by atoms with Crippen LogP contribution in [0, 0.1) is 10.1 Å². The van der Waals surface area contributed by atoms with Crippen molar-refractivity contribution in [3.63, 3.8) is 0 Å². The van der Waals surface area contributed by atoms with Crippen molar-refractivity contribution in [2.24, 2.45) is 0 Å². The van der Waals surface area contributed by atoms with Gasteiger partial charge in [-0.2, -0.15) is 0 Å². The first kappa shape index (κ1) is 18.0. The number of hydrogen-bond acceptors (Lipinski definition) is 4. The number of amides is 1. The van der Waals surface area contributed by atoms with Crippen molar-refractivity contribution in [2.75, 3.05) is 6.61 Å². The lowest BCUT2D eigenvalue weighted by atomic mass is 10.1. The number of benzene rings is 2. The van der Waals surface area contributed by atoms with E-state index in [1.807, 2.05) is 0 Å². The summed E-state index contributed by atoms with van der Waals surface area (Å²) in [7, 11) is 0. The van der Waals surface area contributed by atoms with Crippen molar-refractivity contribution in [3.05, 3.63) is 68.2 Å². The lowest BCUT2D eigenvalue weighted by molar-refractivity contribution is -0.385. The average Bonchev–Trinajstić information content (AvgIpc) is 2.52. The molecule has 0 saturated carbocycles. The molecule has 8 heteroatoms. The molecule has 2 aromatic carbocycles. The van der Waals surface area contributed by atoms with Crippen LogP contribution in [0.5, 0.6) is 5.75 Å². The molecule has 1 N–H and O–H groups in total. The highest BCUT2D eigenvalue weighted by molar-refractivity contribution is 6.35. The second kappa shape index (κ2) is 7.99. The Balaban J connectivity index is 1.97. The summed E-state index contributed by atoms with van der Waals surface area (Å²) < 4.78 is 5.24. The summed E-state index contributed by atoms with van der Waals surface area (Å²) in [6.07, 6.45) is 0. The van der Waals surface area contributed by atoms with Gasteiger partial charge in [0.15, 0.2) is 12.4 Å². The third kappa shape index (κ3) is 4.59. The number of hydrogen-bond donors (Lipinski definition) is 1. The Kier molecular flexibility index (Phi) is 6.00. The Morgan fingerprint density at radius 1 is 1.29 bits per heavy atom. The molecule has 0 bridgehead atoms. The molecule has 0 aliphatic carbocycles. The first-order valence-corrected chi connectivity index (χ1v) is 7.74. The van der Waals surface area contributed by atoms with E-state index in [1.165, 1.54) is 18.2 Å². The van der Waals surface area contributed by atoms with Gasteiger partial charge in [-0.25, -0.2) is 0 Å². The van der Waals surface area contributed by atoms with Gasteiger partial charge in [0.25, 0.3) is 5.91 Å². The zero-order valence-electron chi connectivity index (χ0n) is 12.7. The molecule has 2 rings (SSSR count). The minimum atomic E-state index is -0.566. The SMILES string of the molecule is CC(NC(=O)COc1ccccc1[N+](=O)[O-])c1ccc(Cl)cc1Cl. The van der Waals surface area contributed by atoms with Crippen LogP contribution in [-0.4, -0.2) is 17.4 Å². The van der Waals surface area contributed by atoms with Gasteiger partial charge in [-0.1, -0.05) is 41.4 Å². The van der Waals surface area contributed by atoms with Gasteiger partial charge in [-0.3, -0.25) is 14.9 Å². The third-order valence-corrected chi connectivity index (χ3v) is 3.79. The molecule has 0 aliphatic rings. The van der Waals surface area contributed by atoms with Gasteiger partial charge in [-0.05, 0) is 30.7 Å². The first-order valence-electron chi connectivity index (χ1n) is 6.99. The molecular weight excluding hydrogens is 355 g/mol. The lowest BCUT2D eigenvalue weighted by Crippen LogP contribution is -2.31. The van der Waals surface area contributed by atoms with E-state index >= 15 is 0 Å². The maximum atomic E-state index is 12.0. The summed E-state index contributed by atoms with van der Waals surface area (Å²) in [5.74, 6) is -0.388. The summed E-state index contributed by atoms with van der Waals surface area (Å²) in [4.78, 5) is 22.3. The summed E-state index contributed by atoms with van der Waals surface area (Å²) in [5.41, 5.74) is 0.513. The average molecular weight is 369 g/mol. The number of nitrogens with one attached hydrogen (secondary N) is 1. The van der Waals surface area contributed by atoms with Gasteiger partial charge in [0.05, 0.1) is 11.0 Å². The molecule has 1 amide bonds. The molecule has 24 heavy (non-hydrogen) atoms. The van der Waals surface area contributed by atoms with Crippen LogP contribution in [0.1, 0.15) is 18.5 Å². The minimum absolute atomic E-state index is 0.0369. The fraction of sp³-hybridized carbons (Fsp3) is 0.188. The molecule has 126 valence electrons. The monoisotopic (exact) mass is 368 g/mol. The van der Waals surface area contributed by atoms with E-state index in [0.29, 0.717) is 15.6 Å². The Labute approximate surface area is 148 Å². The molecule has 1 atom stereocenters. The highest BCUT2D eigenvalue weighted by Gasteiger charge is 2.17. The van der Waals surface area contributed by atoms with Gasteiger partial charge >= 0.3 is 5.69 Å². The maximum Gasteiger partial charge on any atom is 0.310 e. The van der Waals surface area contributed by atoms with E-state index in [2.05, 4.69) is 5.32 Å². The summed E-state index contributed by atoms with van der Waals surface area (Å²) in [5, 5.41) is 14.5.